The van der Waals surface area contributed by atoms with Crippen LogP contribution in [-0.2, 0) is 17.5 Å². The quantitative estimate of drug-likeness (QED) is 0.696. The van der Waals surface area contributed by atoms with Gasteiger partial charge in [-0.15, -0.1) is 0 Å². The number of halogens is 3. The smallest absolute Gasteiger partial charge is 0.438 e. The fourth-order valence-corrected chi connectivity index (χ4v) is 3.14. The van der Waals surface area contributed by atoms with Gasteiger partial charge in [-0.05, 0) is 55.7 Å². The van der Waals surface area contributed by atoms with E-state index in [4.69, 9.17) is 4.42 Å². The predicted octanol–water partition coefficient (Wildman–Crippen LogP) is 3.89. The van der Waals surface area contributed by atoms with Crippen molar-refractivity contribution >= 4 is 16.9 Å². The fraction of sp³-hybridized carbons (Fsp3) is 0.350. The Bertz CT molecular complexity index is 1100. The van der Waals surface area contributed by atoms with Crippen LogP contribution in [0.25, 0.3) is 11.0 Å². The van der Waals surface area contributed by atoms with E-state index in [2.05, 4.69) is 10.3 Å². The number of carbonyl (C=O) groups excluding carboxylic acids is 1. The van der Waals surface area contributed by atoms with E-state index in [1.54, 1.807) is 39.0 Å². The van der Waals surface area contributed by atoms with E-state index in [9.17, 15) is 22.8 Å². The Morgan fingerprint density at radius 2 is 1.97 bits per heavy atom. The van der Waals surface area contributed by atoms with Crippen LogP contribution in [0.4, 0.5) is 13.2 Å². The first-order valence-electron chi connectivity index (χ1n) is 9.04. The maximum atomic E-state index is 13.5. The monoisotopic (exact) mass is 407 g/mol. The molecule has 0 aliphatic rings. The molecule has 1 unspecified atom stereocenters. The number of rotatable bonds is 5. The number of nitrogens with zero attached hydrogens (tertiary/aromatic N) is 2. The molecule has 0 radical (unpaired) electrons. The van der Waals surface area contributed by atoms with Crippen molar-refractivity contribution in [2.75, 3.05) is 0 Å². The molecule has 2 aromatic heterocycles. The SMILES string of the molecule is CCC(C(=O)NCc1ccco1)n1c(=O)c(C(F)(F)F)nc2cc(C)c(C)cc21. The number of amides is 1. The van der Waals surface area contributed by atoms with E-state index in [-0.39, 0.29) is 24.0 Å². The first-order chi connectivity index (χ1) is 13.6. The van der Waals surface area contributed by atoms with Gasteiger partial charge >= 0.3 is 6.18 Å². The van der Waals surface area contributed by atoms with Crippen LogP contribution in [0.1, 0.15) is 42.0 Å². The van der Waals surface area contributed by atoms with Crippen LogP contribution < -0.4 is 10.9 Å². The number of carbonyl (C=O) groups is 1. The number of fused-ring (bicyclic) bond motifs is 1. The first kappa shape index (κ1) is 20.6. The lowest BCUT2D eigenvalue weighted by molar-refractivity contribution is -0.142. The van der Waals surface area contributed by atoms with E-state index in [0.717, 1.165) is 15.7 Å². The van der Waals surface area contributed by atoms with Crippen LogP contribution in [-0.4, -0.2) is 15.5 Å². The molecule has 0 aliphatic carbocycles. The normalized spacial score (nSPS) is 12.9. The molecule has 3 aromatic rings. The van der Waals surface area contributed by atoms with Crippen molar-refractivity contribution in [1.82, 2.24) is 14.9 Å². The molecular weight excluding hydrogens is 387 g/mol. The number of benzene rings is 1. The number of hydrogen-bond donors (Lipinski definition) is 1. The van der Waals surface area contributed by atoms with Crippen LogP contribution >= 0.6 is 0 Å². The van der Waals surface area contributed by atoms with Crippen LogP contribution in [0.5, 0.6) is 0 Å². The van der Waals surface area contributed by atoms with E-state index in [1.165, 1.54) is 12.3 Å². The van der Waals surface area contributed by atoms with Crippen molar-refractivity contribution in [1.29, 1.82) is 0 Å². The second-order valence-electron chi connectivity index (χ2n) is 6.78. The van der Waals surface area contributed by atoms with Gasteiger partial charge in [0, 0.05) is 0 Å². The number of furan rings is 1. The minimum atomic E-state index is -4.94. The summed E-state index contributed by atoms with van der Waals surface area (Å²) in [5, 5.41) is 2.62. The summed E-state index contributed by atoms with van der Waals surface area (Å²) in [5.41, 5.74) is -1.17. The Kier molecular flexibility index (Phi) is 5.50. The molecule has 3 rings (SSSR count). The summed E-state index contributed by atoms with van der Waals surface area (Å²) in [6.45, 7) is 5.21. The molecule has 1 amide bonds. The Morgan fingerprint density at radius 3 is 2.55 bits per heavy atom. The predicted molar refractivity (Wildman–Crippen MR) is 100 cm³/mol. The molecule has 0 bridgehead atoms. The highest BCUT2D eigenvalue weighted by Gasteiger charge is 2.38. The molecule has 2 heterocycles. The molecule has 1 atom stereocenters. The van der Waals surface area contributed by atoms with Crippen molar-refractivity contribution in [3.63, 3.8) is 0 Å². The van der Waals surface area contributed by atoms with Crippen molar-refractivity contribution < 1.29 is 22.4 Å². The van der Waals surface area contributed by atoms with Gasteiger partial charge in [0.05, 0.1) is 23.8 Å². The van der Waals surface area contributed by atoms with Gasteiger partial charge in [-0.2, -0.15) is 13.2 Å². The summed E-state index contributed by atoms with van der Waals surface area (Å²) in [5.74, 6) is -0.0903. The summed E-state index contributed by atoms with van der Waals surface area (Å²) in [4.78, 5) is 29.1. The lowest BCUT2D eigenvalue weighted by Gasteiger charge is -2.22. The topological polar surface area (TPSA) is 77.1 Å². The fourth-order valence-electron chi connectivity index (χ4n) is 3.14. The Balaban J connectivity index is 2.16. The molecule has 0 fully saturated rings. The van der Waals surface area contributed by atoms with Crippen molar-refractivity contribution in [3.05, 3.63) is 63.5 Å². The molecule has 0 spiro atoms. The average Bonchev–Trinajstić information content (AvgIpc) is 3.16. The van der Waals surface area contributed by atoms with Crippen LogP contribution in [0.2, 0.25) is 0 Å². The Morgan fingerprint density at radius 1 is 1.28 bits per heavy atom. The zero-order valence-electron chi connectivity index (χ0n) is 16.1. The molecule has 0 aliphatic heterocycles. The summed E-state index contributed by atoms with van der Waals surface area (Å²) in [6.07, 6.45) is -3.37. The second-order valence-corrected chi connectivity index (χ2v) is 6.78. The highest BCUT2D eigenvalue weighted by molar-refractivity contribution is 5.84. The lowest BCUT2D eigenvalue weighted by Crippen LogP contribution is -2.40. The standard InChI is InChI=1S/C20H20F3N3O3/c1-4-15(18(27)24-10-13-6-5-7-29-13)26-16-9-12(3)11(2)8-14(16)25-17(19(26)28)20(21,22)23/h5-9,15H,4,10H2,1-3H3,(H,24,27). The number of aromatic nitrogens is 2. The largest absolute Gasteiger partial charge is 0.467 e. The van der Waals surface area contributed by atoms with Gasteiger partial charge < -0.3 is 9.73 Å². The first-order valence-corrected chi connectivity index (χ1v) is 9.04. The zero-order valence-corrected chi connectivity index (χ0v) is 16.1. The van der Waals surface area contributed by atoms with E-state index in [1.807, 2.05) is 0 Å². The van der Waals surface area contributed by atoms with Crippen molar-refractivity contribution in [3.8, 4) is 0 Å². The summed E-state index contributed by atoms with van der Waals surface area (Å²) < 4.78 is 46.4. The van der Waals surface area contributed by atoms with Crippen molar-refractivity contribution in [2.45, 2.75) is 46.0 Å². The maximum Gasteiger partial charge on any atom is 0.438 e. The Labute approximate surface area is 164 Å². The van der Waals surface area contributed by atoms with E-state index in [0.29, 0.717) is 5.76 Å². The third-order valence-corrected chi connectivity index (χ3v) is 4.79. The average molecular weight is 407 g/mol. The van der Waals surface area contributed by atoms with Gasteiger partial charge in [-0.25, -0.2) is 4.98 Å². The van der Waals surface area contributed by atoms with Gasteiger partial charge in [-0.1, -0.05) is 6.92 Å². The molecule has 29 heavy (non-hydrogen) atoms. The third-order valence-electron chi connectivity index (χ3n) is 4.79. The van der Waals surface area contributed by atoms with Gasteiger partial charge in [0.1, 0.15) is 11.8 Å². The number of hydrogen-bond acceptors (Lipinski definition) is 4. The van der Waals surface area contributed by atoms with E-state index >= 15 is 0 Å². The minimum Gasteiger partial charge on any atom is -0.467 e. The van der Waals surface area contributed by atoms with Gasteiger partial charge in [0.15, 0.2) is 0 Å². The number of alkyl halides is 3. The zero-order chi connectivity index (χ0) is 21.3. The molecule has 1 aromatic carbocycles. The van der Waals surface area contributed by atoms with Crippen LogP contribution in [0, 0.1) is 13.8 Å². The molecule has 0 saturated carbocycles. The second kappa shape index (κ2) is 7.73. The highest BCUT2D eigenvalue weighted by atomic mass is 19.4. The molecule has 6 nitrogen and oxygen atoms in total. The maximum absolute atomic E-state index is 13.5. The lowest BCUT2D eigenvalue weighted by atomic mass is 10.1. The van der Waals surface area contributed by atoms with E-state index < -0.39 is 29.4 Å². The van der Waals surface area contributed by atoms with Crippen LogP contribution in [0.15, 0.2) is 39.7 Å². The van der Waals surface area contributed by atoms with Gasteiger partial charge in [-0.3, -0.25) is 14.2 Å². The highest BCUT2D eigenvalue weighted by Crippen LogP contribution is 2.29. The third kappa shape index (κ3) is 4.03. The minimum absolute atomic E-state index is 0.0114. The molecule has 0 saturated heterocycles. The summed E-state index contributed by atoms with van der Waals surface area (Å²) in [7, 11) is 0. The number of nitrogens with one attached hydrogen (secondary N) is 1. The summed E-state index contributed by atoms with van der Waals surface area (Å²) >= 11 is 0. The van der Waals surface area contributed by atoms with Crippen molar-refractivity contribution in [2.24, 2.45) is 0 Å². The molecule has 1 N–H and O–H groups in total. The number of aryl methyl sites for hydroxylation is 2. The molecular formula is C20H20F3N3O3. The molecule has 9 heteroatoms. The molecule has 154 valence electrons. The van der Waals surface area contributed by atoms with Crippen LogP contribution in [0.3, 0.4) is 0 Å². The van der Waals surface area contributed by atoms with Gasteiger partial charge in [0.2, 0.25) is 11.6 Å². The summed E-state index contributed by atoms with van der Waals surface area (Å²) in [6, 6.07) is 5.25. The Hall–Kier alpha value is -3.10. The van der Waals surface area contributed by atoms with Gasteiger partial charge in [0.25, 0.3) is 5.56 Å².